The van der Waals surface area contributed by atoms with Crippen LogP contribution in [0.2, 0.25) is 5.82 Å². The van der Waals surface area contributed by atoms with Crippen LogP contribution in [0, 0.1) is 6.92 Å². The molecule has 0 radical (unpaired) electrons. The van der Waals surface area contributed by atoms with Crippen LogP contribution < -0.4 is 21.4 Å². The number of nitrogens with zero attached hydrogens (tertiary/aromatic N) is 2. The van der Waals surface area contributed by atoms with Gasteiger partial charge in [-0.05, 0) is 24.5 Å². The summed E-state index contributed by atoms with van der Waals surface area (Å²) >= 11 is 2.43. The lowest BCUT2D eigenvalue weighted by atomic mass is 9.64. The van der Waals surface area contributed by atoms with Gasteiger partial charge in [0.1, 0.15) is 11.8 Å². The van der Waals surface area contributed by atoms with Crippen molar-refractivity contribution in [3.63, 3.8) is 0 Å². The zero-order valence-electron chi connectivity index (χ0n) is 17.3. The number of hydrogen-bond donors (Lipinski definition) is 4. The molecule has 6 N–H and O–H groups in total. The number of para-hydroxylation sites is 1. The molecule has 4 rings (SSSR count). The number of aromatic nitrogens is 2. The van der Waals surface area contributed by atoms with Gasteiger partial charge in [0.2, 0.25) is 5.91 Å². The molecule has 166 valence electrons. The molecule has 0 fully saturated rings. The summed E-state index contributed by atoms with van der Waals surface area (Å²) in [6.45, 7) is 1.91. The summed E-state index contributed by atoms with van der Waals surface area (Å²) in [4.78, 5) is 34.1. The Balaban J connectivity index is 1.49. The Hall–Kier alpha value is -2.96. The van der Waals surface area contributed by atoms with E-state index in [-0.39, 0.29) is 24.5 Å². The molecule has 9 nitrogen and oxygen atoms in total. The monoisotopic (exact) mass is 471 g/mol. The normalized spacial score (nSPS) is 16.2. The first-order chi connectivity index (χ1) is 15.3. The number of ketones is 1. The Morgan fingerprint density at radius 1 is 1.28 bits per heavy atom. The highest BCUT2D eigenvalue weighted by molar-refractivity contribution is 7.13. The predicted molar refractivity (Wildman–Crippen MR) is 124 cm³/mol. The third-order valence-corrected chi connectivity index (χ3v) is 6.67. The number of thiazole rings is 2. The van der Waals surface area contributed by atoms with Crippen molar-refractivity contribution in [2.24, 2.45) is 0 Å². The number of amides is 1. The van der Waals surface area contributed by atoms with Gasteiger partial charge in [0.25, 0.3) is 0 Å². The number of fused-ring (bicyclic) bond motifs is 1. The van der Waals surface area contributed by atoms with Gasteiger partial charge >= 0.3 is 7.12 Å². The lowest BCUT2D eigenvalue weighted by molar-refractivity contribution is -0.127. The Labute approximate surface area is 193 Å². The van der Waals surface area contributed by atoms with E-state index >= 15 is 0 Å². The van der Waals surface area contributed by atoms with Crippen LogP contribution in [0.3, 0.4) is 0 Å². The van der Waals surface area contributed by atoms with Crippen LogP contribution >= 0.6 is 22.7 Å². The number of carbonyl (C=O) groups excluding carboxylic acids is 2. The summed E-state index contributed by atoms with van der Waals surface area (Å²) in [7, 11) is -1.12. The molecule has 1 aliphatic heterocycles. The number of Topliss-reactive ketones (excluding diaryl/α,β-unsaturated/α-hetero) is 1. The summed E-state index contributed by atoms with van der Waals surface area (Å²) in [6.07, 6.45) is 0.474. The van der Waals surface area contributed by atoms with Gasteiger partial charge in [0.05, 0.1) is 17.8 Å². The first-order valence-corrected chi connectivity index (χ1v) is 11.7. The molecule has 32 heavy (non-hydrogen) atoms. The molecule has 1 unspecified atom stereocenters. The summed E-state index contributed by atoms with van der Waals surface area (Å²) in [5.41, 5.74) is 14.1. The van der Waals surface area contributed by atoms with E-state index in [0.717, 1.165) is 11.1 Å². The Morgan fingerprint density at radius 2 is 2.03 bits per heavy atom. The zero-order valence-corrected chi connectivity index (χ0v) is 18.9. The van der Waals surface area contributed by atoms with Crippen LogP contribution in [-0.4, -0.2) is 33.8 Å². The molecule has 0 saturated heterocycles. The standard InChI is InChI=1S/C20H22BN5O4S2/c1-10-3-2-4-11-5-12(21(29)30-18(10)11)6-15(27)17(14-9-32-20(23)25-14)26-16(28)7-13-8-31-19(22)24-13/h2-4,8-9,12,17,29H,5-7H2,1H3,(H2,22,24)(H2,23,25)(H,26,28)/t12-,17?/m1/s1. The Bertz CT molecular complexity index is 1150. The highest BCUT2D eigenvalue weighted by Gasteiger charge is 2.38. The fourth-order valence-electron chi connectivity index (χ4n) is 3.73. The average molecular weight is 471 g/mol. The minimum Gasteiger partial charge on any atom is -0.536 e. The molecule has 0 saturated carbocycles. The summed E-state index contributed by atoms with van der Waals surface area (Å²) in [5.74, 6) is -0.472. The van der Waals surface area contributed by atoms with Gasteiger partial charge < -0.3 is 26.5 Å². The zero-order chi connectivity index (χ0) is 22.8. The predicted octanol–water partition coefficient (Wildman–Crippen LogP) is 1.92. The maximum absolute atomic E-state index is 13.2. The largest absolute Gasteiger partial charge is 0.536 e. The maximum Gasteiger partial charge on any atom is 0.526 e. The van der Waals surface area contributed by atoms with Crippen molar-refractivity contribution in [1.82, 2.24) is 15.3 Å². The van der Waals surface area contributed by atoms with Gasteiger partial charge in [-0.3, -0.25) is 9.59 Å². The number of aryl methyl sites for hydroxylation is 1. The van der Waals surface area contributed by atoms with Crippen molar-refractivity contribution in [3.05, 3.63) is 51.5 Å². The molecule has 3 aromatic rings. The van der Waals surface area contributed by atoms with Gasteiger partial charge in [-0.1, -0.05) is 18.2 Å². The highest BCUT2D eigenvalue weighted by Crippen LogP contribution is 2.36. The third-order valence-electron chi connectivity index (χ3n) is 5.25. The molecule has 1 aromatic carbocycles. The molecule has 0 spiro atoms. The van der Waals surface area contributed by atoms with Crippen molar-refractivity contribution in [2.75, 3.05) is 11.5 Å². The van der Waals surface area contributed by atoms with E-state index in [2.05, 4.69) is 15.3 Å². The van der Waals surface area contributed by atoms with Gasteiger partial charge in [-0.25, -0.2) is 9.97 Å². The Kier molecular flexibility index (Phi) is 6.44. The number of hydrogen-bond acceptors (Lipinski definition) is 10. The van der Waals surface area contributed by atoms with Crippen LogP contribution in [0.15, 0.2) is 29.0 Å². The molecule has 2 atom stereocenters. The molecule has 1 aliphatic rings. The van der Waals surface area contributed by atoms with Crippen LogP contribution in [0.4, 0.5) is 10.3 Å². The van der Waals surface area contributed by atoms with E-state index in [0.29, 0.717) is 33.8 Å². The van der Waals surface area contributed by atoms with Crippen LogP contribution in [-0.2, 0) is 22.4 Å². The first-order valence-electron chi connectivity index (χ1n) is 9.96. The van der Waals surface area contributed by atoms with E-state index in [1.807, 2.05) is 25.1 Å². The van der Waals surface area contributed by atoms with E-state index in [9.17, 15) is 14.6 Å². The van der Waals surface area contributed by atoms with Gasteiger partial charge in [-0.15, -0.1) is 22.7 Å². The fraction of sp³-hybridized carbons (Fsp3) is 0.300. The number of anilines is 2. The van der Waals surface area contributed by atoms with Gasteiger partial charge in [-0.2, -0.15) is 0 Å². The number of carbonyl (C=O) groups is 2. The second-order valence-corrected chi connectivity index (χ2v) is 9.45. The molecule has 12 heteroatoms. The molecule has 2 aromatic heterocycles. The minimum absolute atomic E-state index is 0.000571. The molecule has 0 aliphatic carbocycles. The summed E-state index contributed by atoms with van der Waals surface area (Å²) < 4.78 is 5.69. The number of nitrogens with one attached hydrogen (secondary N) is 1. The molecule has 1 amide bonds. The lowest BCUT2D eigenvalue weighted by Crippen LogP contribution is -2.39. The maximum atomic E-state index is 13.2. The molecular formula is C20H22BN5O4S2. The second kappa shape index (κ2) is 9.27. The minimum atomic E-state index is -1.12. The summed E-state index contributed by atoms with van der Waals surface area (Å²) in [6, 6.07) is 4.76. The lowest BCUT2D eigenvalue weighted by Gasteiger charge is -2.29. The topological polar surface area (TPSA) is 153 Å². The van der Waals surface area contributed by atoms with E-state index in [4.69, 9.17) is 16.1 Å². The van der Waals surface area contributed by atoms with E-state index < -0.39 is 19.0 Å². The van der Waals surface area contributed by atoms with Crippen LogP contribution in [0.5, 0.6) is 5.75 Å². The molecular weight excluding hydrogens is 449 g/mol. The quantitative estimate of drug-likeness (QED) is 0.381. The van der Waals surface area contributed by atoms with Crippen molar-refractivity contribution in [1.29, 1.82) is 0 Å². The summed E-state index contributed by atoms with van der Waals surface area (Å²) in [5, 5.41) is 17.3. The van der Waals surface area contributed by atoms with Crippen molar-refractivity contribution in [2.45, 2.75) is 38.0 Å². The third kappa shape index (κ3) is 4.92. The van der Waals surface area contributed by atoms with Crippen molar-refractivity contribution in [3.8, 4) is 5.75 Å². The molecule has 0 bridgehead atoms. The average Bonchev–Trinajstić information content (AvgIpc) is 3.35. The van der Waals surface area contributed by atoms with E-state index in [1.165, 1.54) is 22.7 Å². The number of nitrogens with two attached hydrogens (primary N) is 2. The van der Waals surface area contributed by atoms with Crippen LogP contribution in [0.25, 0.3) is 0 Å². The molecule has 3 heterocycles. The number of nitrogen functional groups attached to an aromatic ring is 2. The van der Waals surface area contributed by atoms with Crippen LogP contribution in [0.1, 0.15) is 35.0 Å². The van der Waals surface area contributed by atoms with Crippen molar-refractivity contribution < 1.29 is 19.3 Å². The fourth-order valence-corrected chi connectivity index (χ4v) is 4.88. The Morgan fingerprint density at radius 3 is 2.72 bits per heavy atom. The SMILES string of the molecule is Cc1cccc2c1OB(O)[C@@H](CC(=O)C(NC(=O)Cc1csc(N)n1)c1csc(N)n1)C2. The first kappa shape index (κ1) is 22.2. The number of rotatable bonds is 7. The number of benzene rings is 1. The van der Waals surface area contributed by atoms with Crippen molar-refractivity contribution >= 4 is 51.7 Å². The smallest absolute Gasteiger partial charge is 0.526 e. The van der Waals surface area contributed by atoms with Gasteiger partial charge in [0, 0.05) is 23.0 Å². The highest BCUT2D eigenvalue weighted by atomic mass is 32.1. The van der Waals surface area contributed by atoms with Gasteiger partial charge in [0.15, 0.2) is 16.0 Å². The second-order valence-electron chi connectivity index (χ2n) is 7.67. The van der Waals surface area contributed by atoms with E-state index in [1.54, 1.807) is 10.8 Å².